The largest absolute Gasteiger partial charge is 0.496 e. The van der Waals surface area contributed by atoms with Crippen molar-refractivity contribution < 1.29 is 23.8 Å². The predicted octanol–water partition coefficient (Wildman–Crippen LogP) is 2.31. The Balaban J connectivity index is 1.97. The van der Waals surface area contributed by atoms with Crippen molar-refractivity contribution in [3.05, 3.63) is 42.0 Å². The number of fused-ring (bicyclic) bond motifs is 1. The lowest BCUT2D eigenvalue weighted by molar-refractivity contribution is -0.120. The average molecular weight is 342 g/mol. The van der Waals surface area contributed by atoms with Crippen LogP contribution in [0.1, 0.15) is 10.4 Å². The van der Waals surface area contributed by atoms with E-state index in [0.717, 1.165) is 0 Å². The molecule has 7 heteroatoms. The van der Waals surface area contributed by atoms with Crippen LogP contribution in [0.5, 0.6) is 17.2 Å². The van der Waals surface area contributed by atoms with Crippen molar-refractivity contribution in [2.75, 3.05) is 38.1 Å². The standard InChI is InChI=1S/C18H18N2O5/c1-20-12-7-4-6-11(17(12)25-10-15(20)21)19-18(22)16-13(23-2)8-5-9-14(16)24-3/h4-9H,10H2,1-3H3,(H,19,22). The number of nitrogens with zero attached hydrogens (tertiary/aromatic N) is 1. The van der Waals surface area contributed by atoms with Crippen LogP contribution >= 0.6 is 0 Å². The lowest BCUT2D eigenvalue weighted by Crippen LogP contribution is -2.35. The average Bonchev–Trinajstić information content (AvgIpc) is 2.64. The van der Waals surface area contributed by atoms with Gasteiger partial charge in [0.05, 0.1) is 25.6 Å². The van der Waals surface area contributed by atoms with Gasteiger partial charge in [-0.2, -0.15) is 0 Å². The molecule has 3 rings (SSSR count). The Morgan fingerprint density at radius 1 is 1.12 bits per heavy atom. The monoisotopic (exact) mass is 342 g/mol. The molecule has 0 unspecified atom stereocenters. The fourth-order valence-corrected chi connectivity index (χ4v) is 2.66. The molecule has 2 aromatic carbocycles. The summed E-state index contributed by atoms with van der Waals surface area (Å²) in [5, 5.41) is 2.81. The number of hydrogen-bond acceptors (Lipinski definition) is 5. The second-order valence-electron chi connectivity index (χ2n) is 5.39. The Morgan fingerprint density at radius 2 is 1.76 bits per heavy atom. The number of likely N-dealkylation sites (N-methyl/N-ethyl adjacent to an activating group) is 1. The molecule has 1 aliphatic rings. The second-order valence-corrected chi connectivity index (χ2v) is 5.39. The third-order valence-electron chi connectivity index (χ3n) is 3.97. The summed E-state index contributed by atoms with van der Waals surface area (Å²) >= 11 is 0. The van der Waals surface area contributed by atoms with Gasteiger partial charge in [-0.25, -0.2) is 0 Å². The van der Waals surface area contributed by atoms with Crippen molar-refractivity contribution in [1.82, 2.24) is 0 Å². The van der Waals surface area contributed by atoms with Crippen LogP contribution in [0.4, 0.5) is 11.4 Å². The third-order valence-corrected chi connectivity index (χ3v) is 3.97. The molecule has 0 radical (unpaired) electrons. The van der Waals surface area contributed by atoms with E-state index in [0.29, 0.717) is 28.6 Å². The van der Waals surface area contributed by atoms with Gasteiger partial charge in [-0.3, -0.25) is 9.59 Å². The Hall–Kier alpha value is -3.22. The van der Waals surface area contributed by atoms with E-state index in [1.807, 2.05) is 0 Å². The molecule has 25 heavy (non-hydrogen) atoms. The van der Waals surface area contributed by atoms with E-state index in [4.69, 9.17) is 14.2 Å². The zero-order valence-corrected chi connectivity index (χ0v) is 14.2. The zero-order chi connectivity index (χ0) is 18.0. The maximum atomic E-state index is 12.8. The van der Waals surface area contributed by atoms with Crippen LogP contribution in [-0.4, -0.2) is 39.7 Å². The molecule has 0 fully saturated rings. The first-order valence-corrected chi connectivity index (χ1v) is 7.61. The maximum absolute atomic E-state index is 12.8. The molecule has 0 spiro atoms. The predicted molar refractivity (Wildman–Crippen MR) is 92.8 cm³/mol. The normalized spacial score (nSPS) is 12.9. The molecule has 0 atom stereocenters. The summed E-state index contributed by atoms with van der Waals surface area (Å²) in [5.74, 6) is 0.699. The lowest BCUT2D eigenvalue weighted by atomic mass is 10.1. The molecule has 0 bridgehead atoms. The van der Waals surface area contributed by atoms with E-state index in [1.54, 1.807) is 43.4 Å². The molecule has 0 aromatic heterocycles. The highest BCUT2D eigenvalue weighted by molar-refractivity contribution is 6.10. The van der Waals surface area contributed by atoms with E-state index in [2.05, 4.69) is 5.32 Å². The number of methoxy groups -OCH3 is 2. The molecule has 7 nitrogen and oxygen atoms in total. The minimum atomic E-state index is -0.397. The highest BCUT2D eigenvalue weighted by Crippen LogP contribution is 2.39. The number of nitrogens with one attached hydrogen (secondary N) is 1. The van der Waals surface area contributed by atoms with Crippen LogP contribution in [0.3, 0.4) is 0 Å². The van der Waals surface area contributed by atoms with Crippen molar-refractivity contribution in [3.63, 3.8) is 0 Å². The number of carbonyl (C=O) groups is 2. The van der Waals surface area contributed by atoms with Crippen molar-refractivity contribution in [3.8, 4) is 17.2 Å². The highest BCUT2D eigenvalue weighted by Gasteiger charge is 2.26. The van der Waals surface area contributed by atoms with Gasteiger partial charge in [0.25, 0.3) is 11.8 Å². The minimum Gasteiger partial charge on any atom is -0.496 e. The molecule has 0 saturated heterocycles. The number of ether oxygens (including phenoxy) is 3. The maximum Gasteiger partial charge on any atom is 0.264 e. The van der Waals surface area contributed by atoms with E-state index >= 15 is 0 Å². The van der Waals surface area contributed by atoms with Crippen molar-refractivity contribution in [2.24, 2.45) is 0 Å². The van der Waals surface area contributed by atoms with Gasteiger partial charge < -0.3 is 24.4 Å². The summed E-state index contributed by atoms with van der Waals surface area (Å²) < 4.78 is 16.0. The number of benzene rings is 2. The molecule has 1 aliphatic heterocycles. The van der Waals surface area contributed by atoms with E-state index in [1.165, 1.54) is 19.1 Å². The van der Waals surface area contributed by atoms with Crippen LogP contribution in [0, 0.1) is 0 Å². The van der Waals surface area contributed by atoms with Crippen LogP contribution in [0.15, 0.2) is 36.4 Å². The Labute approximate surface area is 145 Å². The Bertz CT molecular complexity index is 812. The van der Waals surface area contributed by atoms with Gasteiger partial charge in [0.1, 0.15) is 17.1 Å². The van der Waals surface area contributed by atoms with E-state index < -0.39 is 5.91 Å². The van der Waals surface area contributed by atoms with E-state index in [-0.39, 0.29) is 18.1 Å². The number of rotatable bonds is 4. The molecule has 0 saturated carbocycles. The van der Waals surface area contributed by atoms with E-state index in [9.17, 15) is 9.59 Å². The Morgan fingerprint density at radius 3 is 2.40 bits per heavy atom. The number of para-hydroxylation sites is 1. The van der Waals surface area contributed by atoms with Crippen LogP contribution in [0.2, 0.25) is 0 Å². The SMILES string of the molecule is COc1cccc(OC)c1C(=O)Nc1cccc2c1OCC(=O)N2C. The minimum absolute atomic E-state index is 0.0750. The summed E-state index contributed by atoms with van der Waals surface area (Å²) in [6, 6.07) is 10.3. The van der Waals surface area contributed by atoms with Gasteiger partial charge in [-0.05, 0) is 24.3 Å². The van der Waals surface area contributed by atoms with Crippen LogP contribution < -0.4 is 24.4 Å². The highest BCUT2D eigenvalue weighted by atomic mass is 16.5. The molecule has 1 heterocycles. The fourth-order valence-electron chi connectivity index (χ4n) is 2.66. The first kappa shape index (κ1) is 16.6. The van der Waals surface area contributed by atoms with Crippen LogP contribution in [0.25, 0.3) is 0 Å². The smallest absolute Gasteiger partial charge is 0.264 e. The van der Waals surface area contributed by atoms with Gasteiger partial charge in [0.2, 0.25) is 0 Å². The third kappa shape index (κ3) is 2.96. The number of anilines is 2. The van der Waals surface area contributed by atoms with Crippen molar-refractivity contribution in [2.45, 2.75) is 0 Å². The first-order valence-electron chi connectivity index (χ1n) is 7.61. The lowest BCUT2D eigenvalue weighted by Gasteiger charge is -2.27. The Kier molecular flexibility index (Phi) is 4.47. The summed E-state index contributed by atoms with van der Waals surface area (Å²) in [6.45, 7) is -0.0750. The summed E-state index contributed by atoms with van der Waals surface area (Å²) in [6.07, 6.45) is 0. The molecular formula is C18H18N2O5. The quantitative estimate of drug-likeness (QED) is 0.923. The number of carbonyl (C=O) groups excluding carboxylic acids is 2. The van der Waals surface area contributed by atoms with Gasteiger partial charge in [-0.1, -0.05) is 12.1 Å². The first-order chi connectivity index (χ1) is 12.1. The summed E-state index contributed by atoms with van der Waals surface area (Å²) in [7, 11) is 4.64. The summed E-state index contributed by atoms with van der Waals surface area (Å²) in [5.41, 5.74) is 1.35. The zero-order valence-electron chi connectivity index (χ0n) is 14.2. The second kappa shape index (κ2) is 6.72. The van der Waals surface area contributed by atoms with Gasteiger partial charge >= 0.3 is 0 Å². The molecule has 0 aliphatic carbocycles. The van der Waals surface area contributed by atoms with Crippen molar-refractivity contribution in [1.29, 1.82) is 0 Å². The van der Waals surface area contributed by atoms with Crippen LogP contribution in [-0.2, 0) is 4.79 Å². The number of hydrogen-bond donors (Lipinski definition) is 1. The topological polar surface area (TPSA) is 77.1 Å². The van der Waals surface area contributed by atoms with Gasteiger partial charge in [0, 0.05) is 7.05 Å². The molecular weight excluding hydrogens is 324 g/mol. The molecule has 2 aromatic rings. The summed E-state index contributed by atoms with van der Waals surface area (Å²) in [4.78, 5) is 26.1. The van der Waals surface area contributed by atoms with Gasteiger partial charge in [-0.15, -0.1) is 0 Å². The fraction of sp³-hybridized carbons (Fsp3) is 0.222. The molecule has 2 amide bonds. The number of amides is 2. The molecule has 130 valence electrons. The van der Waals surface area contributed by atoms with Crippen molar-refractivity contribution >= 4 is 23.2 Å². The molecule has 1 N–H and O–H groups in total. The van der Waals surface area contributed by atoms with Gasteiger partial charge in [0.15, 0.2) is 12.4 Å².